The highest BCUT2D eigenvalue weighted by molar-refractivity contribution is 7.92. The Bertz CT molecular complexity index is 533. The van der Waals surface area contributed by atoms with Crippen LogP contribution in [0.3, 0.4) is 0 Å². The molecule has 1 fully saturated rings. The zero-order valence-corrected chi connectivity index (χ0v) is 11.4. The van der Waals surface area contributed by atoms with Gasteiger partial charge in [-0.25, -0.2) is 12.8 Å². The first-order chi connectivity index (χ1) is 8.50. The quantitative estimate of drug-likeness (QED) is 0.924. The van der Waals surface area contributed by atoms with Crippen LogP contribution in [-0.2, 0) is 16.4 Å². The molecule has 1 saturated heterocycles. The number of nitrogens with one attached hydrogen (secondary N) is 1. The van der Waals surface area contributed by atoms with Gasteiger partial charge in [-0.1, -0.05) is 23.7 Å². The zero-order chi connectivity index (χ0) is 13.2. The summed E-state index contributed by atoms with van der Waals surface area (Å²) >= 11 is 5.81. The van der Waals surface area contributed by atoms with Crippen LogP contribution < -0.4 is 5.32 Å². The van der Waals surface area contributed by atoms with E-state index in [1.165, 1.54) is 6.07 Å². The van der Waals surface area contributed by atoms with Gasteiger partial charge in [-0.2, -0.15) is 0 Å². The van der Waals surface area contributed by atoms with E-state index < -0.39 is 15.7 Å². The van der Waals surface area contributed by atoms with E-state index in [1.54, 1.807) is 12.1 Å². The highest BCUT2D eigenvalue weighted by Crippen LogP contribution is 2.21. The Hall–Kier alpha value is -0.650. The van der Waals surface area contributed by atoms with Crippen LogP contribution in [0.25, 0.3) is 0 Å². The third-order valence-corrected chi connectivity index (χ3v) is 5.88. The summed E-state index contributed by atoms with van der Waals surface area (Å²) < 4.78 is 36.4. The van der Waals surface area contributed by atoms with Crippen LogP contribution in [-0.4, -0.2) is 26.0 Å². The number of hydrogen-bond acceptors (Lipinski definition) is 3. The molecule has 1 aromatic carbocycles. The molecule has 6 heteroatoms. The molecular formula is C12H15ClFNO2S. The average molecular weight is 292 g/mol. The van der Waals surface area contributed by atoms with Crippen LogP contribution >= 0.6 is 11.6 Å². The van der Waals surface area contributed by atoms with E-state index in [1.807, 2.05) is 0 Å². The first kappa shape index (κ1) is 13.8. The van der Waals surface area contributed by atoms with Crippen LogP contribution in [0, 0.1) is 5.82 Å². The minimum Gasteiger partial charge on any atom is -0.311 e. The minimum absolute atomic E-state index is 0.0966. The van der Waals surface area contributed by atoms with Crippen molar-refractivity contribution in [2.24, 2.45) is 0 Å². The van der Waals surface area contributed by atoms with Crippen molar-refractivity contribution in [2.75, 3.05) is 12.3 Å². The van der Waals surface area contributed by atoms with Crippen molar-refractivity contribution in [2.45, 2.75) is 24.6 Å². The Morgan fingerprint density at radius 1 is 1.44 bits per heavy atom. The molecule has 1 aliphatic heterocycles. The highest BCUT2D eigenvalue weighted by Gasteiger charge is 2.30. The standard InChI is InChI=1S/C12H15ClFNO2S/c13-12-9(3-1-5-11(12)14)7-15-8-10-4-2-6-18(10,16)17/h1,3,5,10,15H,2,4,6-8H2. The lowest BCUT2D eigenvalue weighted by molar-refractivity contribution is 0.572. The maximum atomic E-state index is 13.2. The molecule has 100 valence electrons. The Labute approximate surface area is 111 Å². The molecule has 0 bridgehead atoms. The lowest BCUT2D eigenvalue weighted by Gasteiger charge is -2.11. The molecule has 0 spiro atoms. The molecule has 1 aliphatic rings. The van der Waals surface area contributed by atoms with Gasteiger partial charge in [-0.3, -0.25) is 0 Å². The smallest absolute Gasteiger partial charge is 0.154 e. The van der Waals surface area contributed by atoms with Crippen molar-refractivity contribution in [3.8, 4) is 0 Å². The maximum absolute atomic E-state index is 13.2. The third-order valence-electron chi connectivity index (χ3n) is 3.18. The van der Waals surface area contributed by atoms with Gasteiger partial charge in [-0.15, -0.1) is 0 Å². The fourth-order valence-corrected chi connectivity index (χ4v) is 4.13. The number of rotatable bonds is 4. The Balaban J connectivity index is 1.91. The second-order valence-electron chi connectivity index (χ2n) is 4.48. The highest BCUT2D eigenvalue weighted by atomic mass is 35.5. The first-order valence-electron chi connectivity index (χ1n) is 5.86. The third kappa shape index (κ3) is 3.02. The van der Waals surface area contributed by atoms with E-state index in [9.17, 15) is 12.8 Å². The van der Waals surface area contributed by atoms with Crippen molar-refractivity contribution in [3.63, 3.8) is 0 Å². The SMILES string of the molecule is O=S1(=O)CCCC1CNCc1cccc(F)c1Cl. The van der Waals surface area contributed by atoms with Gasteiger partial charge >= 0.3 is 0 Å². The average Bonchev–Trinajstić information content (AvgIpc) is 2.64. The zero-order valence-electron chi connectivity index (χ0n) is 9.83. The predicted molar refractivity (Wildman–Crippen MR) is 69.9 cm³/mol. The van der Waals surface area contributed by atoms with E-state index in [0.717, 1.165) is 6.42 Å². The monoisotopic (exact) mass is 291 g/mol. The number of halogens is 2. The number of hydrogen-bond donors (Lipinski definition) is 1. The van der Waals surface area contributed by atoms with Crippen LogP contribution in [0.2, 0.25) is 5.02 Å². The van der Waals surface area contributed by atoms with Gasteiger partial charge in [0, 0.05) is 13.1 Å². The molecule has 0 aromatic heterocycles. The minimum atomic E-state index is -2.93. The van der Waals surface area contributed by atoms with Gasteiger partial charge in [0.1, 0.15) is 5.82 Å². The second-order valence-corrected chi connectivity index (χ2v) is 7.25. The summed E-state index contributed by atoms with van der Waals surface area (Å²) in [7, 11) is -2.93. The summed E-state index contributed by atoms with van der Waals surface area (Å²) in [5.41, 5.74) is 0.645. The van der Waals surface area contributed by atoms with Gasteiger partial charge in [0.05, 0.1) is 16.0 Å². The molecule has 0 aliphatic carbocycles. The first-order valence-corrected chi connectivity index (χ1v) is 7.95. The summed E-state index contributed by atoms with van der Waals surface area (Å²) in [6.07, 6.45) is 1.43. The Kier molecular flexibility index (Phi) is 4.25. The lowest BCUT2D eigenvalue weighted by Crippen LogP contribution is -2.30. The van der Waals surface area contributed by atoms with Crippen LogP contribution in [0.1, 0.15) is 18.4 Å². The lowest BCUT2D eigenvalue weighted by atomic mass is 10.2. The second kappa shape index (κ2) is 5.55. The van der Waals surface area contributed by atoms with Crippen molar-refractivity contribution in [1.29, 1.82) is 0 Å². The van der Waals surface area contributed by atoms with Crippen LogP contribution in [0.15, 0.2) is 18.2 Å². The van der Waals surface area contributed by atoms with E-state index in [4.69, 9.17) is 11.6 Å². The van der Waals surface area contributed by atoms with E-state index in [-0.39, 0.29) is 16.0 Å². The van der Waals surface area contributed by atoms with Crippen LogP contribution in [0.5, 0.6) is 0 Å². The molecule has 3 nitrogen and oxygen atoms in total. The topological polar surface area (TPSA) is 46.2 Å². The molecule has 0 amide bonds. The van der Waals surface area contributed by atoms with Crippen molar-refractivity contribution < 1.29 is 12.8 Å². The molecule has 0 radical (unpaired) electrons. The predicted octanol–water partition coefficient (Wildman–Crippen LogP) is 2.15. The Morgan fingerprint density at radius 3 is 2.89 bits per heavy atom. The molecule has 1 unspecified atom stereocenters. The van der Waals surface area contributed by atoms with Crippen molar-refractivity contribution >= 4 is 21.4 Å². The molecule has 0 saturated carbocycles. The molecule has 18 heavy (non-hydrogen) atoms. The molecule has 2 rings (SSSR count). The molecular weight excluding hydrogens is 277 g/mol. The maximum Gasteiger partial charge on any atom is 0.154 e. The van der Waals surface area contributed by atoms with Gasteiger partial charge in [0.15, 0.2) is 9.84 Å². The van der Waals surface area contributed by atoms with Crippen molar-refractivity contribution in [1.82, 2.24) is 5.32 Å². The summed E-state index contributed by atoms with van der Waals surface area (Å²) in [4.78, 5) is 0. The molecule has 1 atom stereocenters. The van der Waals surface area contributed by atoms with Crippen molar-refractivity contribution in [3.05, 3.63) is 34.6 Å². The summed E-state index contributed by atoms with van der Waals surface area (Å²) in [5, 5.41) is 2.82. The number of sulfone groups is 1. The van der Waals surface area contributed by atoms with Gasteiger partial charge < -0.3 is 5.32 Å². The summed E-state index contributed by atoms with van der Waals surface area (Å²) in [6.45, 7) is 0.776. The van der Waals surface area contributed by atoms with Crippen LogP contribution in [0.4, 0.5) is 4.39 Å². The fraction of sp³-hybridized carbons (Fsp3) is 0.500. The Morgan fingerprint density at radius 2 is 2.22 bits per heavy atom. The molecule has 1 aromatic rings. The van der Waals surface area contributed by atoms with Gasteiger partial charge in [-0.05, 0) is 24.5 Å². The van der Waals surface area contributed by atoms with E-state index >= 15 is 0 Å². The molecule has 1 heterocycles. The van der Waals surface area contributed by atoms with E-state index in [2.05, 4.69) is 5.32 Å². The van der Waals surface area contributed by atoms with E-state index in [0.29, 0.717) is 25.1 Å². The fourth-order valence-electron chi connectivity index (χ4n) is 2.14. The summed E-state index contributed by atoms with van der Waals surface area (Å²) in [5.74, 6) is -0.176. The molecule has 1 N–H and O–H groups in total. The summed E-state index contributed by atoms with van der Waals surface area (Å²) in [6, 6.07) is 4.61. The number of benzene rings is 1. The van der Waals surface area contributed by atoms with Gasteiger partial charge in [0.2, 0.25) is 0 Å². The normalized spacial score (nSPS) is 22.2. The van der Waals surface area contributed by atoms with Gasteiger partial charge in [0.25, 0.3) is 0 Å². The largest absolute Gasteiger partial charge is 0.311 e.